The minimum atomic E-state index is -0.984. The van der Waals surface area contributed by atoms with Gasteiger partial charge in [0.05, 0.1) is 5.69 Å². The summed E-state index contributed by atoms with van der Waals surface area (Å²) in [5.41, 5.74) is 8.92. The van der Waals surface area contributed by atoms with E-state index in [0.29, 0.717) is 6.42 Å². The maximum absolute atomic E-state index is 11.4. The molecule has 2 heterocycles. The highest BCUT2D eigenvalue weighted by Gasteiger charge is 2.27. The Kier molecular flexibility index (Phi) is 3.06. The third-order valence-corrected chi connectivity index (χ3v) is 3.84. The van der Waals surface area contributed by atoms with E-state index in [1.807, 2.05) is 35.8 Å². The van der Waals surface area contributed by atoms with Gasteiger partial charge in [0.1, 0.15) is 5.82 Å². The SMILES string of the molecule is Cc1ccccc1-c1nc(C(=O)O)c2n1CCC(N)C2. The Morgan fingerprint density at radius 2 is 2.20 bits per heavy atom. The third kappa shape index (κ3) is 2.00. The maximum atomic E-state index is 11.4. The number of hydrogen-bond donors (Lipinski definition) is 2. The van der Waals surface area contributed by atoms with Crippen molar-refractivity contribution in [3.8, 4) is 11.4 Å². The van der Waals surface area contributed by atoms with Gasteiger partial charge in [-0.3, -0.25) is 0 Å². The van der Waals surface area contributed by atoms with E-state index in [-0.39, 0.29) is 11.7 Å². The first-order valence-electron chi connectivity index (χ1n) is 6.72. The van der Waals surface area contributed by atoms with Crippen molar-refractivity contribution in [3.05, 3.63) is 41.2 Å². The largest absolute Gasteiger partial charge is 0.476 e. The summed E-state index contributed by atoms with van der Waals surface area (Å²) in [6, 6.07) is 7.91. The van der Waals surface area contributed by atoms with E-state index in [1.54, 1.807) is 0 Å². The van der Waals surface area contributed by atoms with Crippen LogP contribution in [0, 0.1) is 6.92 Å². The number of aromatic carboxylic acids is 1. The number of imidazole rings is 1. The van der Waals surface area contributed by atoms with Gasteiger partial charge in [-0.1, -0.05) is 24.3 Å². The van der Waals surface area contributed by atoms with Crippen molar-refractivity contribution in [1.82, 2.24) is 9.55 Å². The molecule has 0 saturated heterocycles. The van der Waals surface area contributed by atoms with Crippen LogP contribution in [0.2, 0.25) is 0 Å². The van der Waals surface area contributed by atoms with Gasteiger partial charge in [-0.15, -0.1) is 0 Å². The average molecular weight is 271 g/mol. The first-order chi connectivity index (χ1) is 9.58. The predicted octanol–water partition coefficient (Wildman–Crippen LogP) is 1.83. The normalized spacial score (nSPS) is 17.8. The first-order valence-corrected chi connectivity index (χ1v) is 6.72. The van der Waals surface area contributed by atoms with Crippen LogP contribution in [0.25, 0.3) is 11.4 Å². The number of aromatic nitrogens is 2. The number of nitrogens with zero attached hydrogens (tertiary/aromatic N) is 2. The zero-order valence-electron chi connectivity index (χ0n) is 11.3. The van der Waals surface area contributed by atoms with Crippen LogP contribution in [0.15, 0.2) is 24.3 Å². The number of aryl methyl sites for hydroxylation is 1. The van der Waals surface area contributed by atoms with Crippen molar-refractivity contribution >= 4 is 5.97 Å². The molecule has 5 nitrogen and oxygen atoms in total. The lowest BCUT2D eigenvalue weighted by molar-refractivity contribution is 0.0689. The summed E-state index contributed by atoms with van der Waals surface area (Å²) in [5, 5.41) is 9.34. The van der Waals surface area contributed by atoms with Gasteiger partial charge < -0.3 is 15.4 Å². The van der Waals surface area contributed by atoms with Crippen LogP contribution in [0.5, 0.6) is 0 Å². The molecule has 0 spiro atoms. The Bertz CT molecular complexity index is 676. The molecule has 1 aliphatic rings. The Morgan fingerprint density at radius 3 is 2.90 bits per heavy atom. The molecular weight excluding hydrogens is 254 g/mol. The molecule has 1 aromatic carbocycles. The van der Waals surface area contributed by atoms with Crippen LogP contribution < -0.4 is 5.73 Å². The molecule has 0 saturated carbocycles. The zero-order chi connectivity index (χ0) is 14.3. The summed E-state index contributed by atoms with van der Waals surface area (Å²) in [6.45, 7) is 2.73. The van der Waals surface area contributed by atoms with Gasteiger partial charge in [0.2, 0.25) is 0 Å². The molecule has 1 unspecified atom stereocenters. The van der Waals surface area contributed by atoms with Crippen LogP contribution in [0.4, 0.5) is 0 Å². The van der Waals surface area contributed by atoms with E-state index < -0.39 is 5.97 Å². The number of rotatable bonds is 2. The number of nitrogens with two attached hydrogens (primary N) is 1. The highest BCUT2D eigenvalue weighted by molar-refractivity contribution is 5.88. The highest BCUT2D eigenvalue weighted by Crippen LogP contribution is 2.29. The third-order valence-electron chi connectivity index (χ3n) is 3.84. The quantitative estimate of drug-likeness (QED) is 0.873. The number of fused-ring (bicyclic) bond motifs is 1. The molecule has 20 heavy (non-hydrogen) atoms. The smallest absolute Gasteiger partial charge is 0.356 e. The van der Waals surface area contributed by atoms with E-state index in [9.17, 15) is 9.90 Å². The molecule has 5 heteroatoms. The van der Waals surface area contributed by atoms with Crippen LogP contribution in [0.3, 0.4) is 0 Å². The second kappa shape index (κ2) is 4.76. The summed E-state index contributed by atoms with van der Waals surface area (Å²) in [7, 11) is 0. The van der Waals surface area contributed by atoms with Gasteiger partial charge in [0, 0.05) is 24.6 Å². The number of carbonyl (C=O) groups is 1. The van der Waals surface area contributed by atoms with E-state index in [2.05, 4.69) is 4.98 Å². The number of hydrogen-bond acceptors (Lipinski definition) is 3. The molecule has 3 rings (SSSR count). The Hall–Kier alpha value is -2.14. The molecule has 1 aliphatic heterocycles. The minimum absolute atomic E-state index is 0.0158. The Labute approximate surface area is 117 Å². The van der Waals surface area contributed by atoms with Crippen molar-refractivity contribution in [1.29, 1.82) is 0 Å². The van der Waals surface area contributed by atoms with E-state index in [1.165, 1.54) is 0 Å². The molecule has 104 valence electrons. The van der Waals surface area contributed by atoms with Crippen LogP contribution >= 0.6 is 0 Å². The van der Waals surface area contributed by atoms with Gasteiger partial charge in [-0.25, -0.2) is 9.78 Å². The maximum Gasteiger partial charge on any atom is 0.356 e. The van der Waals surface area contributed by atoms with E-state index >= 15 is 0 Å². The van der Waals surface area contributed by atoms with Gasteiger partial charge in [-0.2, -0.15) is 0 Å². The highest BCUT2D eigenvalue weighted by atomic mass is 16.4. The topological polar surface area (TPSA) is 81.1 Å². The molecule has 3 N–H and O–H groups in total. The molecule has 1 atom stereocenters. The Morgan fingerprint density at radius 1 is 1.45 bits per heavy atom. The monoisotopic (exact) mass is 271 g/mol. The summed E-state index contributed by atoms with van der Waals surface area (Å²) in [5.74, 6) is -0.245. The lowest BCUT2D eigenvalue weighted by Gasteiger charge is -2.22. The summed E-state index contributed by atoms with van der Waals surface area (Å²) in [4.78, 5) is 15.8. The van der Waals surface area contributed by atoms with Crippen molar-refractivity contribution in [2.75, 3.05) is 0 Å². The lowest BCUT2D eigenvalue weighted by atomic mass is 10.0. The zero-order valence-corrected chi connectivity index (χ0v) is 11.3. The standard InChI is InChI=1S/C15H17N3O2/c1-9-4-2-3-5-11(9)14-17-13(15(19)20)12-8-10(16)6-7-18(12)14/h2-5,10H,6-8,16H2,1H3,(H,19,20). The average Bonchev–Trinajstić information content (AvgIpc) is 2.78. The van der Waals surface area contributed by atoms with Gasteiger partial charge >= 0.3 is 5.97 Å². The summed E-state index contributed by atoms with van der Waals surface area (Å²) < 4.78 is 2.01. The van der Waals surface area contributed by atoms with Crippen molar-refractivity contribution < 1.29 is 9.90 Å². The second-order valence-electron chi connectivity index (χ2n) is 5.26. The molecule has 0 bridgehead atoms. The predicted molar refractivity (Wildman–Crippen MR) is 75.7 cm³/mol. The molecule has 0 aliphatic carbocycles. The summed E-state index contributed by atoms with van der Waals surface area (Å²) in [6.07, 6.45) is 1.42. The summed E-state index contributed by atoms with van der Waals surface area (Å²) >= 11 is 0. The van der Waals surface area contributed by atoms with E-state index in [4.69, 9.17) is 5.73 Å². The molecular formula is C15H17N3O2. The van der Waals surface area contributed by atoms with Gasteiger partial charge in [0.15, 0.2) is 5.69 Å². The molecule has 0 amide bonds. The lowest BCUT2D eigenvalue weighted by Crippen LogP contribution is -2.31. The second-order valence-corrected chi connectivity index (χ2v) is 5.26. The Balaban J connectivity index is 2.20. The van der Waals surface area contributed by atoms with Crippen LogP contribution in [-0.2, 0) is 13.0 Å². The number of carboxylic acid groups (broad SMARTS) is 1. The minimum Gasteiger partial charge on any atom is -0.476 e. The molecule has 1 aromatic heterocycles. The fraction of sp³-hybridized carbons (Fsp3) is 0.333. The molecule has 2 aromatic rings. The van der Waals surface area contributed by atoms with Crippen LogP contribution in [0.1, 0.15) is 28.2 Å². The van der Waals surface area contributed by atoms with Gasteiger partial charge in [-0.05, 0) is 18.9 Å². The fourth-order valence-corrected chi connectivity index (χ4v) is 2.78. The molecule has 0 radical (unpaired) electrons. The fourth-order valence-electron chi connectivity index (χ4n) is 2.78. The number of carboxylic acids is 1. The van der Waals surface area contributed by atoms with Gasteiger partial charge in [0.25, 0.3) is 0 Å². The van der Waals surface area contributed by atoms with Crippen molar-refractivity contribution in [2.45, 2.75) is 32.4 Å². The van der Waals surface area contributed by atoms with E-state index in [0.717, 1.165) is 35.6 Å². The van der Waals surface area contributed by atoms with Crippen molar-refractivity contribution in [2.24, 2.45) is 5.73 Å². The van der Waals surface area contributed by atoms with Crippen molar-refractivity contribution in [3.63, 3.8) is 0 Å². The van der Waals surface area contributed by atoms with Crippen LogP contribution in [-0.4, -0.2) is 26.7 Å². The molecule has 0 fully saturated rings. The first kappa shape index (κ1) is 12.9. The number of benzene rings is 1.